The quantitative estimate of drug-likeness (QED) is 0.459. The van der Waals surface area contributed by atoms with Crippen LogP contribution in [-0.2, 0) is 6.54 Å². The Morgan fingerprint density at radius 3 is 2.43 bits per heavy atom. The molecular formula is C25H23F4N3O3. The highest BCUT2D eigenvalue weighted by atomic mass is 19.3. The van der Waals surface area contributed by atoms with Crippen molar-refractivity contribution in [1.29, 1.82) is 0 Å². The van der Waals surface area contributed by atoms with E-state index in [2.05, 4.69) is 10.2 Å². The average Bonchev–Trinajstić information content (AvgIpc) is 3.46. The van der Waals surface area contributed by atoms with Gasteiger partial charge in [-0.1, -0.05) is 36.4 Å². The van der Waals surface area contributed by atoms with Gasteiger partial charge >= 0.3 is 6.43 Å². The zero-order chi connectivity index (χ0) is 24.7. The monoisotopic (exact) mass is 489 g/mol. The number of amides is 1. The fraction of sp³-hybridized carbons (Fsp3) is 0.400. The molecule has 3 aromatic rings. The maximum atomic E-state index is 13.9. The van der Waals surface area contributed by atoms with Gasteiger partial charge in [0.25, 0.3) is 11.8 Å². The van der Waals surface area contributed by atoms with Crippen LogP contribution in [-0.4, -0.2) is 38.1 Å². The highest BCUT2D eigenvalue weighted by Gasteiger charge is 2.45. The molecular weight excluding hydrogens is 466 g/mol. The van der Waals surface area contributed by atoms with Crippen molar-refractivity contribution in [2.24, 2.45) is 5.92 Å². The van der Waals surface area contributed by atoms with Crippen molar-refractivity contribution >= 4 is 5.91 Å². The van der Waals surface area contributed by atoms with Crippen molar-refractivity contribution in [1.82, 2.24) is 15.1 Å². The predicted molar refractivity (Wildman–Crippen MR) is 117 cm³/mol. The molecule has 0 bridgehead atoms. The largest absolute Gasteiger partial charge is 0.415 e. The standard InChI is InChI=1S/C25H23F4N3O3/c26-21(27)23-31-30-22(35-23)16-6-7-17-13-32(24(34)18(17)12-16)19(14-8-10-25(28,29)11-9-14)20(33)15-4-2-1-3-5-15/h1-7,12,14,19-21,33H,8-11,13H2/t19-,20+/m1/s1. The summed E-state index contributed by atoms with van der Waals surface area (Å²) in [5.74, 6) is -4.37. The Morgan fingerprint density at radius 2 is 1.77 bits per heavy atom. The number of aliphatic hydroxyl groups excluding tert-OH is 1. The lowest BCUT2D eigenvalue weighted by molar-refractivity contribution is -0.0676. The summed E-state index contributed by atoms with van der Waals surface area (Å²) in [4.78, 5) is 15.1. The van der Waals surface area contributed by atoms with Crippen LogP contribution >= 0.6 is 0 Å². The minimum absolute atomic E-state index is 0.135. The van der Waals surface area contributed by atoms with Crippen LogP contribution in [0, 0.1) is 5.92 Å². The summed E-state index contributed by atoms with van der Waals surface area (Å²) in [7, 11) is 0. The molecule has 0 radical (unpaired) electrons. The number of nitrogens with zero attached hydrogens (tertiary/aromatic N) is 3. The van der Waals surface area contributed by atoms with Gasteiger partial charge in [-0.25, -0.2) is 8.78 Å². The van der Waals surface area contributed by atoms with Crippen molar-refractivity contribution in [2.45, 2.75) is 56.7 Å². The zero-order valence-electron chi connectivity index (χ0n) is 18.6. The third-order valence-corrected chi connectivity index (χ3v) is 6.89. The van der Waals surface area contributed by atoms with Crippen LogP contribution in [0.1, 0.15) is 65.6 Å². The Balaban J connectivity index is 1.46. The van der Waals surface area contributed by atoms with Gasteiger partial charge in [-0.3, -0.25) is 4.79 Å². The molecule has 35 heavy (non-hydrogen) atoms. The number of rotatable bonds is 6. The lowest BCUT2D eigenvalue weighted by atomic mass is 9.78. The Labute approximate surface area is 198 Å². The molecule has 1 saturated carbocycles. The highest BCUT2D eigenvalue weighted by Crippen LogP contribution is 2.43. The van der Waals surface area contributed by atoms with Gasteiger partial charge in [0.05, 0.1) is 12.1 Å². The molecule has 6 nitrogen and oxygen atoms in total. The second-order valence-corrected chi connectivity index (χ2v) is 9.09. The first-order chi connectivity index (χ1) is 16.7. The summed E-state index contributed by atoms with van der Waals surface area (Å²) >= 11 is 0. The van der Waals surface area contributed by atoms with E-state index in [0.717, 1.165) is 0 Å². The van der Waals surface area contributed by atoms with Crippen LogP contribution in [0.15, 0.2) is 52.9 Å². The third kappa shape index (κ3) is 4.54. The molecule has 2 aromatic carbocycles. The van der Waals surface area contributed by atoms with Gasteiger partial charge in [0, 0.05) is 30.5 Å². The van der Waals surface area contributed by atoms with Crippen LogP contribution in [0.25, 0.3) is 11.5 Å². The van der Waals surface area contributed by atoms with E-state index in [4.69, 9.17) is 4.42 Å². The molecule has 1 aliphatic heterocycles. The van der Waals surface area contributed by atoms with E-state index in [-0.39, 0.29) is 49.9 Å². The van der Waals surface area contributed by atoms with Crippen LogP contribution in [0.4, 0.5) is 17.6 Å². The molecule has 1 fully saturated rings. The summed E-state index contributed by atoms with van der Waals surface area (Å²) in [5, 5.41) is 18.3. The molecule has 0 saturated heterocycles. The van der Waals surface area contributed by atoms with Crippen molar-refractivity contribution in [3.63, 3.8) is 0 Å². The number of carbonyl (C=O) groups excluding carboxylic acids is 1. The molecule has 1 aromatic heterocycles. The molecule has 0 spiro atoms. The van der Waals surface area contributed by atoms with Gasteiger partial charge in [-0.15, -0.1) is 10.2 Å². The zero-order valence-corrected chi connectivity index (χ0v) is 18.6. The van der Waals surface area contributed by atoms with Crippen LogP contribution < -0.4 is 0 Å². The fourth-order valence-electron chi connectivity index (χ4n) is 5.07. The van der Waals surface area contributed by atoms with E-state index >= 15 is 0 Å². The van der Waals surface area contributed by atoms with Crippen molar-refractivity contribution < 1.29 is 31.9 Å². The number of aliphatic hydroxyl groups is 1. The fourth-order valence-corrected chi connectivity index (χ4v) is 5.07. The van der Waals surface area contributed by atoms with Gasteiger partial charge in [-0.05, 0) is 42.0 Å². The first-order valence-electron chi connectivity index (χ1n) is 11.4. The van der Waals surface area contributed by atoms with E-state index in [1.807, 2.05) is 6.07 Å². The first kappa shape index (κ1) is 23.5. The second-order valence-electron chi connectivity index (χ2n) is 9.09. The normalized spacial score (nSPS) is 19.7. The molecule has 2 heterocycles. The smallest absolute Gasteiger partial charge is 0.314 e. The Bertz CT molecular complexity index is 1210. The highest BCUT2D eigenvalue weighted by molar-refractivity contribution is 5.99. The number of hydrogen-bond donors (Lipinski definition) is 1. The molecule has 1 N–H and O–H groups in total. The van der Waals surface area contributed by atoms with Crippen molar-refractivity contribution in [3.8, 4) is 11.5 Å². The molecule has 5 rings (SSSR count). The van der Waals surface area contributed by atoms with Gasteiger partial charge in [-0.2, -0.15) is 8.78 Å². The number of hydrogen-bond acceptors (Lipinski definition) is 5. The van der Waals surface area contributed by atoms with Gasteiger partial charge < -0.3 is 14.4 Å². The predicted octanol–water partition coefficient (Wildman–Crippen LogP) is 5.56. The molecule has 184 valence electrons. The Kier molecular flexibility index (Phi) is 6.08. The van der Waals surface area contributed by atoms with Crippen molar-refractivity contribution in [2.75, 3.05) is 0 Å². The maximum Gasteiger partial charge on any atom is 0.314 e. The van der Waals surface area contributed by atoms with Crippen LogP contribution in [0.3, 0.4) is 0 Å². The number of alkyl halides is 4. The molecule has 1 aliphatic carbocycles. The Morgan fingerprint density at radius 1 is 1.06 bits per heavy atom. The second kappa shape index (κ2) is 9.07. The molecule has 2 atom stereocenters. The van der Waals surface area contributed by atoms with E-state index in [1.54, 1.807) is 41.3 Å². The van der Waals surface area contributed by atoms with E-state index < -0.39 is 30.4 Å². The first-order valence-corrected chi connectivity index (χ1v) is 11.4. The van der Waals surface area contributed by atoms with E-state index in [1.165, 1.54) is 6.07 Å². The molecule has 10 heteroatoms. The lowest BCUT2D eigenvalue weighted by Gasteiger charge is -2.41. The van der Waals surface area contributed by atoms with E-state index in [0.29, 0.717) is 22.3 Å². The number of aromatic nitrogens is 2. The van der Waals surface area contributed by atoms with Crippen LogP contribution in [0.5, 0.6) is 0 Å². The van der Waals surface area contributed by atoms with Gasteiger partial charge in [0.2, 0.25) is 11.8 Å². The van der Waals surface area contributed by atoms with Crippen molar-refractivity contribution in [3.05, 3.63) is 71.1 Å². The van der Waals surface area contributed by atoms with E-state index in [9.17, 15) is 27.5 Å². The molecule has 2 aliphatic rings. The minimum atomic E-state index is -2.91. The van der Waals surface area contributed by atoms with Gasteiger partial charge in [0.1, 0.15) is 0 Å². The Hall–Kier alpha value is -3.27. The summed E-state index contributed by atoms with van der Waals surface area (Å²) in [6, 6.07) is 12.9. The number of halogens is 4. The summed E-state index contributed by atoms with van der Waals surface area (Å²) in [6.07, 6.45) is -4.19. The van der Waals surface area contributed by atoms with Crippen LogP contribution in [0.2, 0.25) is 0 Å². The molecule has 0 unspecified atom stereocenters. The van der Waals surface area contributed by atoms with Gasteiger partial charge in [0.15, 0.2) is 0 Å². The number of fused-ring (bicyclic) bond motifs is 1. The number of carbonyl (C=O) groups is 1. The minimum Gasteiger partial charge on any atom is -0.415 e. The summed E-state index contributed by atoms with van der Waals surface area (Å²) in [5.41, 5.74) is 1.92. The lowest BCUT2D eigenvalue weighted by Crippen LogP contribution is -2.47. The average molecular weight is 489 g/mol. The SMILES string of the molecule is O=C1c2cc(-c3nnc(C(F)F)o3)ccc2CN1[C@H](C1CCC(F)(F)CC1)[C@@H](O)c1ccccc1. The molecule has 1 amide bonds. The maximum absolute atomic E-state index is 13.9. The topological polar surface area (TPSA) is 79.5 Å². The number of benzene rings is 2. The summed E-state index contributed by atoms with van der Waals surface area (Å²) < 4.78 is 58.4. The third-order valence-electron chi connectivity index (χ3n) is 6.89. The summed E-state index contributed by atoms with van der Waals surface area (Å²) in [6.45, 7) is 0.196.